The molecule has 1 aliphatic rings. The van der Waals surface area contributed by atoms with E-state index in [1.165, 1.54) is 18.4 Å². The molecule has 0 spiro atoms. The van der Waals surface area contributed by atoms with E-state index < -0.39 is 0 Å². The number of aromatic hydroxyl groups is 1. The lowest BCUT2D eigenvalue weighted by Crippen LogP contribution is -2.27. The molecular formula is C16H25NO. The van der Waals surface area contributed by atoms with E-state index in [9.17, 15) is 5.11 Å². The van der Waals surface area contributed by atoms with Crippen molar-refractivity contribution in [3.05, 3.63) is 29.3 Å². The molecule has 1 fully saturated rings. The lowest BCUT2D eigenvalue weighted by atomic mass is 9.86. The average Bonchev–Trinajstić information content (AvgIpc) is 2.31. The van der Waals surface area contributed by atoms with Crippen molar-refractivity contribution in [2.75, 3.05) is 6.54 Å². The van der Waals surface area contributed by atoms with Gasteiger partial charge in [-0.3, -0.25) is 0 Å². The lowest BCUT2D eigenvalue weighted by Gasteiger charge is -2.26. The summed E-state index contributed by atoms with van der Waals surface area (Å²) in [6.07, 6.45) is 4.68. The van der Waals surface area contributed by atoms with Gasteiger partial charge in [0.05, 0.1) is 0 Å². The highest BCUT2D eigenvalue weighted by atomic mass is 16.3. The molecule has 18 heavy (non-hydrogen) atoms. The summed E-state index contributed by atoms with van der Waals surface area (Å²) in [5.74, 6) is 0.437. The summed E-state index contributed by atoms with van der Waals surface area (Å²) < 4.78 is 0. The summed E-state index contributed by atoms with van der Waals surface area (Å²) in [7, 11) is 0. The van der Waals surface area contributed by atoms with Crippen LogP contribution in [0.1, 0.15) is 57.2 Å². The Bertz CT molecular complexity index is 400. The summed E-state index contributed by atoms with van der Waals surface area (Å²) in [5.41, 5.74) is 2.69. The van der Waals surface area contributed by atoms with E-state index in [0.717, 1.165) is 24.9 Å². The molecule has 2 N–H and O–H groups in total. The van der Waals surface area contributed by atoms with Gasteiger partial charge in [-0.1, -0.05) is 39.3 Å². The van der Waals surface area contributed by atoms with Crippen molar-refractivity contribution < 1.29 is 5.11 Å². The van der Waals surface area contributed by atoms with Crippen LogP contribution in [0, 0.1) is 5.41 Å². The van der Waals surface area contributed by atoms with Crippen molar-refractivity contribution in [1.29, 1.82) is 0 Å². The molecule has 0 radical (unpaired) electrons. The molecule has 2 nitrogen and oxygen atoms in total. The number of hydrogen-bond donors (Lipinski definition) is 2. The van der Waals surface area contributed by atoms with Crippen molar-refractivity contribution in [3.8, 4) is 5.75 Å². The van der Waals surface area contributed by atoms with Gasteiger partial charge < -0.3 is 10.4 Å². The van der Waals surface area contributed by atoms with E-state index in [-0.39, 0.29) is 5.41 Å². The molecule has 2 rings (SSSR count). The third-order valence-corrected chi connectivity index (χ3v) is 3.51. The van der Waals surface area contributed by atoms with Gasteiger partial charge in [-0.05, 0) is 42.9 Å². The van der Waals surface area contributed by atoms with Crippen LogP contribution in [0.2, 0.25) is 0 Å². The maximum atomic E-state index is 10.0. The first-order valence-electron chi connectivity index (χ1n) is 7.01. The highest BCUT2D eigenvalue weighted by Gasteiger charge is 2.19. The molecule has 0 bridgehead atoms. The van der Waals surface area contributed by atoms with Crippen LogP contribution < -0.4 is 5.32 Å². The van der Waals surface area contributed by atoms with Gasteiger partial charge in [-0.2, -0.15) is 0 Å². The zero-order valence-corrected chi connectivity index (χ0v) is 11.8. The predicted molar refractivity (Wildman–Crippen MR) is 75.9 cm³/mol. The number of hydrogen-bond acceptors (Lipinski definition) is 2. The zero-order valence-electron chi connectivity index (χ0n) is 11.8. The average molecular weight is 247 g/mol. The van der Waals surface area contributed by atoms with Gasteiger partial charge in [0.2, 0.25) is 0 Å². The summed E-state index contributed by atoms with van der Waals surface area (Å²) in [6, 6.07) is 6.42. The van der Waals surface area contributed by atoms with Crippen LogP contribution in [-0.4, -0.2) is 11.7 Å². The highest BCUT2D eigenvalue weighted by Crippen LogP contribution is 2.32. The first-order valence-corrected chi connectivity index (χ1v) is 7.01. The number of phenols is 1. The van der Waals surface area contributed by atoms with Gasteiger partial charge in [0.1, 0.15) is 5.75 Å². The molecule has 1 heterocycles. The Morgan fingerprint density at radius 2 is 2.06 bits per heavy atom. The standard InChI is InChI=1S/C16H25NO/c1-16(2,3)11-12-7-8-15(18)13(10-12)14-6-4-5-9-17-14/h7-8,10,14,17-18H,4-6,9,11H2,1-3H3. The molecular weight excluding hydrogens is 222 g/mol. The second kappa shape index (κ2) is 5.31. The van der Waals surface area contributed by atoms with Gasteiger partial charge in [-0.15, -0.1) is 0 Å². The topological polar surface area (TPSA) is 32.3 Å². The molecule has 1 aliphatic heterocycles. The Balaban J connectivity index is 2.20. The van der Waals surface area contributed by atoms with Crippen molar-refractivity contribution in [1.82, 2.24) is 5.32 Å². The van der Waals surface area contributed by atoms with E-state index in [1.807, 2.05) is 12.1 Å². The highest BCUT2D eigenvalue weighted by molar-refractivity contribution is 5.39. The molecule has 1 unspecified atom stereocenters. The van der Waals surface area contributed by atoms with E-state index in [0.29, 0.717) is 11.8 Å². The molecule has 2 heteroatoms. The number of nitrogens with one attached hydrogen (secondary N) is 1. The summed E-state index contributed by atoms with van der Waals surface area (Å²) in [4.78, 5) is 0. The fraction of sp³-hybridized carbons (Fsp3) is 0.625. The van der Waals surface area contributed by atoms with Gasteiger partial charge in [0.25, 0.3) is 0 Å². The maximum absolute atomic E-state index is 10.0. The molecule has 1 aromatic carbocycles. The van der Waals surface area contributed by atoms with Crippen LogP contribution in [0.25, 0.3) is 0 Å². The molecule has 0 amide bonds. The molecule has 1 aromatic rings. The van der Waals surface area contributed by atoms with E-state index in [1.54, 1.807) is 0 Å². The third-order valence-electron chi connectivity index (χ3n) is 3.51. The van der Waals surface area contributed by atoms with Gasteiger partial charge >= 0.3 is 0 Å². The summed E-state index contributed by atoms with van der Waals surface area (Å²) in [6.45, 7) is 7.81. The second-order valence-corrected chi connectivity index (χ2v) is 6.63. The Hall–Kier alpha value is -1.02. The number of benzene rings is 1. The number of rotatable bonds is 2. The second-order valence-electron chi connectivity index (χ2n) is 6.63. The number of piperidine rings is 1. The van der Waals surface area contributed by atoms with E-state index in [4.69, 9.17) is 0 Å². The van der Waals surface area contributed by atoms with Crippen LogP contribution in [0.4, 0.5) is 0 Å². The first kappa shape index (κ1) is 13.4. The van der Waals surface area contributed by atoms with Crippen molar-refractivity contribution in [2.45, 2.75) is 52.5 Å². The lowest BCUT2D eigenvalue weighted by molar-refractivity contribution is 0.387. The Labute approximate surface area is 110 Å². The van der Waals surface area contributed by atoms with Crippen molar-refractivity contribution in [2.24, 2.45) is 5.41 Å². The summed E-state index contributed by atoms with van der Waals surface area (Å²) >= 11 is 0. The van der Waals surface area contributed by atoms with Crippen LogP contribution in [0.5, 0.6) is 5.75 Å². The monoisotopic (exact) mass is 247 g/mol. The van der Waals surface area contributed by atoms with Crippen LogP contribution in [0.3, 0.4) is 0 Å². The fourth-order valence-corrected chi connectivity index (χ4v) is 2.72. The quantitative estimate of drug-likeness (QED) is 0.833. The van der Waals surface area contributed by atoms with Crippen LogP contribution in [0.15, 0.2) is 18.2 Å². The largest absolute Gasteiger partial charge is 0.508 e. The van der Waals surface area contributed by atoms with E-state index in [2.05, 4.69) is 32.2 Å². The van der Waals surface area contributed by atoms with Crippen molar-refractivity contribution in [3.63, 3.8) is 0 Å². The Morgan fingerprint density at radius 1 is 1.28 bits per heavy atom. The molecule has 1 saturated heterocycles. The van der Waals surface area contributed by atoms with Gasteiger partial charge in [0, 0.05) is 11.6 Å². The van der Waals surface area contributed by atoms with Crippen LogP contribution >= 0.6 is 0 Å². The minimum atomic E-state index is 0.286. The SMILES string of the molecule is CC(C)(C)Cc1ccc(O)c(C2CCCCN2)c1. The minimum Gasteiger partial charge on any atom is -0.508 e. The van der Waals surface area contributed by atoms with E-state index >= 15 is 0 Å². The smallest absolute Gasteiger partial charge is 0.120 e. The normalized spacial score (nSPS) is 20.9. The minimum absolute atomic E-state index is 0.286. The molecule has 100 valence electrons. The van der Waals surface area contributed by atoms with Gasteiger partial charge in [-0.25, -0.2) is 0 Å². The van der Waals surface area contributed by atoms with Gasteiger partial charge in [0.15, 0.2) is 0 Å². The zero-order chi connectivity index (χ0) is 13.2. The Kier molecular flexibility index (Phi) is 3.96. The maximum Gasteiger partial charge on any atom is 0.120 e. The fourth-order valence-electron chi connectivity index (χ4n) is 2.72. The third kappa shape index (κ3) is 3.49. The molecule has 0 aromatic heterocycles. The number of phenolic OH excluding ortho intramolecular Hbond substituents is 1. The van der Waals surface area contributed by atoms with Crippen molar-refractivity contribution >= 4 is 0 Å². The summed E-state index contributed by atoms with van der Waals surface area (Å²) in [5, 5.41) is 13.6. The molecule has 1 atom stereocenters. The molecule has 0 saturated carbocycles. The molecule has 0 aliphatic carbocycles. The Morgan fingerprint density at radius 3 is 2.67 bits per heavy atom. The van der Waals surface area contributed by atoms with Crippen LogP contribution in [-0.2, 0) is 6.42 Å². The first-order chi connectivity index (χ1) is 8.46. The predicted octanol–water partition coefficient (Wildman–Crippen LogP) is 3.80.